The lowest BCUT2D eigenvalue weighted by Crippen LogP contribution is -2.55. The second kappa shape index (κ2) is 19.7. The largest absolute Gasteiger partial charge is 0.460 e. The van der Waals surface area contributed by atoms with E-state index in [4.69, 9.17) is 23.7 Å². The summed E-state index contributed by atoms with van der Waals surface area (Å²) in [5.74, 6) is -3.06. The van der Waals surface area contributed by atoms with Gasteiger partial charge >= 0.3 is 11.9 Å². The highest BCUT2D eigenvalue weighted by Gasteiger charge is 2.57. The first-order chi connectivity index (χ1) is 32.3. The maximum atomic E-state index is 14.7. The van der Waals surface area contributed by atoms with E-state index in [2.05, 4.69) is 37.5 Å². The molecule has 0 radical (unpaired) electrons. The zero-order valence-electron chi connectivity index (χ0n) is 40.4. The van der Waals surface area contributed by atoms with Gasteiger partial charge in [-0.3, -0.25) is 14.4 Å². The van der Waals surface area contributed by atoms with Gasteiger partial charge in [0.25, 0.3) is 0 Å². The zero-order chi connectivity index (χ0) is 48.6. The summed E-state index contributed by atoms with van der Waals surface area (Å²) in [6.07, 6.45) is 4.79. The van der Waals surface area contributed by atoms with Gasteiger partial charge in [-0.15, -0.1) is 0 Å². The summed E-state index contributed by atoms with van der Waals surface area (Å²) in [5, 5.41) is 26.3. The molecule has 4 fully saturated rings. The number of amides is 2. The molecular formula is C55H68N2O11. The smallest absolute Gasteiger partial charge is 0.339 e. The van der Waals surface area contributed by atoms with Crippen LogP contribution in [0.4, 0.5) is 0 Å². The average molecular weight is 933 g/mol. The van der Waals surface area contributed by atoms with E-state index >= 15 is 0 Å². The summed E-state index contributed by atoms with van der Waals surface area (Å²) in [7, 11) is 0. The third-order valence-corrected chi connectivity index (χ3v) is 14.6. The van der Waals surface area contributed by atoms with Gasteiger partial charge in [0.15, 0.2) is 0 Å². The molecule has 2 saturated heterocycles. The van der Waals surface area contributed by atoms with Crippen molar-refractivity contribution in [1.82, 2.24) is 10.6 Å². The van der Waals surface area contributed by atoms with E-state index in [0.29, 0.717) is 28.5 Å². The number of nitrogens with one attached hydrogen (secondary N) is 2. The molecule has 68 heavy (non-hydrogen) atoms. The topological polar surface area (TPSA) is 182 Å². The van der Waals surface area contributed by atoms with Crippen molar-refractivity contribution in [1.29, 1.82) is 0 Å². The van der Waals surface area contributed by atoms with Gasteiger partial charge in [-0.2, -0.15) is 0 Å². The number of carbonyl (C=O) groups excluding carboxylic acids is 4. The highest BCUT2D eigenvalue weighted by Crippen LogP contribution is 2.60. The van der Waals surface area contributed by atoms with Crippen LogP contribution in [0.3, 0.4) is 0 Å². The quantitative estimate of drug-likeness (QED) is 0.0930. The first-order valence-electron chi connectivity index (χ1n) is 24.3. The Kier molecular flexibility index (Phi) is 14.2. The van der Waals surface area contributed by atoms with Crippen LogP contribution in [-0.2, 0) is 43.9 Å². The molecule has 4 N–H and O–H groups in total. The number of carbonyl (C=O) groups is 4. The Balaban J connectivity index is 1.07. The summed E-state index contributed by atoms with van der Waals surface area (Å²) in [6, 6.07) is 24.0. The Bertz CT molecular complexity index is 2350. The summed E-state index contributed by atoms with van der Waals surface area (Å²) in [5.41, 5.74) is 3.45. The standard InChI is InChI=1S/C55H68N2O11/c1-33(59)47(50(62)56-39(32-58)23-25-46(60)67-52(2,3)4)57-49(61)36-29-43(48-44(30-36)65-55(68-48,37-17-10-8-11-18-37)38-19-12-9-13-20-38)64-51(63)40-21-15-14-16-34(40)28-35-22-24-45-54(7,66-45)27-26-42-41(35)31-53(42,5)6/h8-21,28,30,33,39,41-45,47-48,58-59H,22-27,29,31-32H2,1-7H3,(H,56,62)(H,57,61). The first-order valence-corrected chi connectivity index (χ1v) is 24.3. The normalized spacial score (nSPS) is 28.8. The molecule has 13 nitrogen and oxygen atoms in total. The molecule has 10 atom stereocenters. The Morgan fingerprint density at radius 2 is 1.54 bits per heavy atom. The maximum Gasteiger partial charge on any atom is 0.339 e. The number of esters is 2. The molecule has 3 aromatic rings. The van der Waals surface area contributed by atoms with Crippen LogP contribution in [0, 0.1) is 17.3 Å². The van der Waals surface area contributed by atoms with Crippen LogP contribution in [0.2, 0.25) is 0 Å². The van der Waals surface area contributed by atoms with Gasteiger partial charge < -0.3 is 44.5 Å². The lowest BCUT2D eigenvalue weighted by Gasteiger charge is -2.53. The van der Waals surface area contributed by atoms with Gasteiger partial charge in [-0.25, -0.2) is 4.79 Å². The lowest BCUT2D eigenvalue weighted by molar-refractivity contribution is -0.157. The van der Waals surface area contributed by atoms with Crippen LogP contribution in [0.5, 0.6) is 0 Å². The third-order valence-electron chi connectivity index (χ3n) is 14.6. The molecule has 3 aromatic carbocycles. The second-order valence-corrected chi connectivity index (χ2v) is 21.3. The fraction of sp³-hybridized carbons (Fsp3) is 0.527. The molecule has 364 valence electrons. The molecule has 8 rings (SSSR count). The van der Waals surface area contributed by atoms with Gasteiger partial charge in [-0.1, -0.05) is 104 Å². The zero-order valence-corrected chi connectivity index (χ0v) is 40.4. The molecule has 3 aliphatic carbocycles. The van der Waals surface area contributed by atoms with Gasteiger partial charge in [0.2, 0.25) is 17.6 Å². The molecule has 0 aromatic heterocycles. The predicted molar refractivity (Wildman–Crippen MR) is 255 cm³/mol. The minimum atomic E-state index is -1.45. The van der Waals surface area contributed by atoms with Crippen LogP contribution < -0.4 is 10.6 Å². The molecule has 2 heterocycles. The summed E-state index contributed by atoms with van der Waals surface area (Å²) >= 11 is 0. The van der Waals surface area contributed by atoms with Crippen molar-refractivity contribution in [2.45, 2.75) is 159 Å². The molecule has 5 aliphatic rings. The van der Waals surface area contributed by atoms with Crippen molar-refractivity contribution < 1.29 is 53.1 Å². The van der Waals surface area contributed by atoms with E-state index < -0.39 is 78.2 Å². The van der Waals surface area contributed by atoms with E-state index in [1.807, 2.05) is 78.9 Å². The van der Waals surface area contributed by atoms with Crippen LogP contribution >= 0.6 is 0 Å². The lowest BCUT2D eigenvalue weighted by atomic mass is 9.52. The molecule has 2 saturated carbocycles. The van der Waals surface area contributed by atoms with Crippen molar-refractivity contribution >= 4 is 29.8 Å². The highest BCUT2D eigenvalue weighted by molar-refractivity contribution is 5.98. The third kappa shape index (κ3) is 10.7. The maximum absolute atomic E-state index is 14.7. The van der Waals surface area contributed by atoms with Crippen molar-refractivity contribution in [3.63, 3.8) is 0 Å². The number of fused-ring (bicyclic) bond motifs is 3. The van der Waals surface area contributed by atoms with Gasteiger partial charge in [0.1, 0.15) is 30.0 Å². The fourth-order valence-electron chi connectivity index (χ4n) is 10.8. The predicted octanol–water partition coefficient (Wildman–Crippen LogP) is 7.47. The number of rotatable bonds is 14. The average Bonchev–Trinajstić information content (AvgIpc) is 3.75. The fourth-order valence-corrected chi connectivity index (χ4v) is 10.8. The number of ether oxygens (including phenoxy) is 5. The van der Waals surface area contributed by atoms with E-state index in [1.165, 1.54) is 12.5 Å². The Labute approximate surface area is 400 Å². The molecule has 0 spiro atoms. The minimum absolute atomic E-state index is 0.0584. The first kappa shape index (κ1) is 49.2. The highest BCUT2D eigenvalue weighted by atomic mass is 16.8. The van der Waals surface area contributed by atoms with Crippen LogP contribution in [0.15, 0.2) is 102 Å². The molecule has 0 bridgehead atoms. The summed E-state index contributed by atoms with van der Waals surface area (Å²) in [6.45, 7) is 13.0. The SMILES string of the molecule is CC(O)C(NC(=O)C1=CC2OC(c3ccccc3)(c3ccccc3)OC2C(OC(=O)c2ccccc2C=C2CCC3OC3(C)CCC3C2CC3(C)C)C1)C(=O)NC(CO)CCC(=O)OC(C)(C)C. The molecule has 2 aliphatic heterocycles. The van der Waals surface area contributed by atoms with E-state index in [-0.39, 0.29) is 42.0 Å². The number of hydrogen-bond acceptors (Lipinski definition) is 11. The van der Waals surface area contributed by atoms with Crippen LogP contribution in [-0.4, -0.2) is 94.4 Å². The van der Waals surface area contributed by atoms with Crippen molar-refractivity contribution in [3.05, 3.63) is 124 Å². The van der Waals surface area contributed by atoms with E-state index in [1.54, 1.807) is 32.9 Å². The number of epoxide rings is 1. The number of allylic oxidation sites excluding steroid dienone is 1. The van der Waals surface area contributed by atoms with Crippen molar-refractivity contribution in [3.8, 4) is 0 Å². The van der Waals surface area contributed by atoms with Crippen molar-refractivity contribution in [2.24, 2.45) is 17.3 Å². The molecular weight excluding hydrogens is 865 g/mol. The van der Waals surface area contributed by atoms with Gasteiger partial charge in [0.05, 0.1) is 36.0 Å². The summed E-state index contributed by atoms with van der Waals surface area (Å²) < 4.78 is 32.0. The number of benzene rings is 3. The Morgan fingerprint density at radius 3 is 2.18 bits per heavy atom. The van der Waals surface area contributed by atoms with Crippen LogP contribution in [0.25, 0.3) is 6.08 Å². The minimum Gasteiger partial charge on any atom is -0.460 e. The molecule has 13 heteroatoms. The Hall–Kier alpha value is -5.18. The Morgan fingerprint density at radius 1 is 0.882 bits per heavy atom. The molecule has 10 unspecified atom stereocenters. The van der Waals surface area contributed by atoms with Gasteiger partial charge in [0, 0.05) is 29.5 Å². The van der Waals surface area contributed by atoms with E-state index in [9.17, 15) is 29.4 Å². The number of hydrogen-bond donors (Lipinski definition) is 4. The number of aliphatic hydroxyl groups is 2. The van der Waals surface area contributed by atoms with Crippen LogP contribution in [0.1, 0.15) is 127 Å². The van der Waals surface area contributed by atoms with Crippen molar-refractivity contribution in [2.75, 3.05) is 6.61 Å². The molecule has 2 amide bonds. The second-order valence-electron chi connectivity index (χ2n) is 21.3. The number of aliphatic hydroxyl groups excluding tert-OH is 2. The van der Waals surface area contributed by atoms with E-state index in [0.717, 1.165) is 37.7 Å². The summed E-state index contributed by atoms with van der Waals surface area (Å²) in [4.78, 5) is 55.2. The van der Waals surface area contributed by atoms with Gasteiger partial charge in [-0.05, 0) is 108 Å². The monoisotopic (exact) mass is 932 g/mol.